The summed E-state index contributed by atoms with van der Waals surface area (Å²) in [6.45, 7) is 5.28. The molecule has 0 bridgehead atoms. The van der Waals surface area contributed by atoms with Crippen LogP contribution in [0.3, 0.4) is 0 Å². The third-order valence-electron chi connectivity index (χ3n) is 1.93. The predicted molar refractivity (Wildman–Crippen MR) is 48.3 cm³/mol. The Kier molecular flexibility index (Phi) is 1.80. The largest absolute Gasteiger partial charge is 0.451 e. The molecule has 0 aromatic heterocycles. The van der Waals surface area contributed by atoms with Gasteiger partial charge in [-0.3, -0.25) is 10.1 Å². The maximum absolute atomic E-state index is 10.6. The van der Waals surface area contributed by atoms with Crippen molar-refractivity contribution in [3.63, 3.8) is 0 Å². The number of hydrogen-bond acceptors (Lipinski definition) is 4. The van der Waals surface area contributed by atoms with E-state index in [9.17, 15) is 10.1 Å². The number of nitro groups is 1. The molecule has 1 radical (unpaired) electrons. The van der Waals surface area contributed by atoms with Gasteiger partial charge in [-0.05, 0) is 13.0 Å². The molecular weight excluding hydrogens is 186 g/mol. The molecule has 1 heterocycles. The van der Waals surface area contributed by atoms with E-state index in [0.29, 0.717) is 17.1 Å². The molecule has 73 valence electrons. The van der Waals surface area contributed by atoms with Gasteiger partial charge in [-0.2, -0.15) is 0 Å². The predicted octanol–water partition coefficient (Wildman–Crippen LogP) is 1.89. The van der Waals surface area contributed by atoms with Crippen LogP contribution in [0.1, 0.15) is 12.5 Å². The standard InChI is InChI=1S/C9H8NO4/c1-5-3-8-9(14-6(2)13-8)4-7(5)10(11)12/h3-4,6H,1H2,2H3. The lowest BCUT2D eigenvalue weighted by molar-refractivity contribution is -0.385. The number of fused-ring (bicyclic) bond motifs is 1. The van der Waals surface area contributed by atoms with Gasteiger partial charge in [0.05, 0.1) is 11.0 Å². The number of benzene rings is 1. The lowest BCUT2D eigenvalue weighted by Crippen LogP contribution is -2.11. The van der Waals surface area contributed by atoms with Crippen LogP contribution in [0.4, 0.5) is 5.69 Å². The monoisotopic (exact) mass is 194 g/mol. The fourth-order valence-electron chi connectivity index (χ4n) is 1.33. The highest BCUT2D eigenvalue weighted by Gasteiger charge is 2.24. The van der Waals surface area contributed by atoms with Crippen molar-refractivity contribution in [2.45, 2.75) is 13.2 Å². The quantitative estimate of drug-likeness (QED) is 0.506. The van der Waals surface area contributed by atoms with Crippen LogP contribution in [-0.2, 0) is 0 Å². The molecule has 1 unspecified atom stereocenters. The number of hydrogen-bond donors (Lipinski definition) is 0. The lowest BCUT2D eigenvalue weighted by Gasteiger charge is -1.99. The minimum absolute atomic E-state index is 0.0542. The van der Waals surface area contributed by atoms with Gasteiger partial charge >= 0.3 is 0 Å². The second-order valence-corrected chi connectivity index (χ2v) is 2.99. The van der Waals surface area contributed by atoms with Crippen molar-refractivity contribution in [3.05, 3.63) is 34.7 Å². The molecule has 0 saturated heterocycles. The summed E-state index contributed by atoms with van der Waals surface area (Å²) in [6.07, 6.45) is -0.397. The van der Waals surface area contributed by atoms with Crippen LogP contribution in [0.5, 0.6) is 11.5 Å². The SMILES string of the molecule is [CH2]c1cc2c(cc1[N+](=O)[O-])OC(C)O2. The Bertz CT molecular complexity index is 402. The molecule has 0 spiro atoms. The molecule has 0 N–H and O–H groups in total. The summed E-state index contributed by atoms with van der Waals surface area (Å²) in [5.41, 5.74) is 0.271. The number of rotatable bonds is 1. The molecule has 0 fully saturated rings. The van der Waals surface area contributed by atoms with Gasteiger partial charge in [-0.15, -0.1) is 0 Å². The smallest absolute Gasteiger partial charge is 0.276 e. The number of nitrogens with zero attached hydrogens (tertiary/aromatic N) is 1. The first kappa shape index (κ1) is 8.80. The summed E-state index contributed by atoms with van der Waals surface area (Å²) < 4.78 is 10.4. The Labute approximate surface area is 80.4 Å². The normalized spacial score (nSPS) is 18.3. The molecule has 1 atom stereocenters. The molecule has 1 aliphatic heterocycles. The minimum Gasteiger partial charge on any atom is -0.451 e. The second-order valence-electron chi connectivity index (χ2n) is 2.99. The van der Waals surface area contributed by atoms with E-state index in [0.717, 1.165) is 0 Å². The fraction of sp³-hybridized carbons (Fsp3) is 0.222. The van der Waals surface area contributed by atoms with Crippen molar-refractivity contribution in [1.82, 2.24) is 0 Å². The third kappa shape index (κ3) is 1.26. The van der Waals surface area contributed by atoms with Gasteiger partial charge in [0.1, 0.15) is 0 Å². The van der Waals surface area contributed by atoms with Crippen LogP contribution in [0.25, 0.3) is 0 Å². The van der Waals surface area contributed by atoms with Gasteiger partial charge in [0.25, 0.3) is 5.69 Å². The van der Waals surface area contributed by atoms with Crippen LogP contribution >= 0.6 is 0 Å². The molecule has 0 aliphatic carbocycles. The molecule has 0 amide bonds. The molecule has 14 heavy (non-hydrogen) atoms. The first-order valence-electron chi connectivity index (χ1n) is 4.05. The van der Waals surface area contributed by atoms with E-state index < -0.39 is 11.2 Å². The summed E-state index contributed by atoms with van der Waals surface area (Å²) in [5.74, 6) is 0.907. The van der Waals surface area contributed by atoms with Crippen LogP contribution < -0.4 is 9.47 Å². The first-order valence-corrected chi connectivity index (χ1v) is 4.05. The van der Waals surface area contributed by atoms with Crippen LogP contribution in [0, 0.1) is 17.0 Å². The van der Waals surface area contributed by atoms with E-state index in [2.05, 4.69) is 6.92 Å². The highest BCUT2D eigenvalue weighted by atomic mass is 16.7. The van der Waals surface area contributed by atoms with Crippen molar-refractivity contribution in [1.29, 1.82) is 0 Å². The summed E-state index contributed by atoms with van der Waals surface area (Å²) in [6, 6.07) is 2.85. The van der Waals surface area contributed by atoms with Gasteiger partial charge in [-0.25, -0.2) is 0 Å². The Balaban J connectivity index is 2.50. The zero-order chi connectivity index (χ0) is 10.3. The van der Waals surface area contributed by atoms with Crippen molar-refractivity contribution in [2.24, 2.45) is 0 Å². The molecular formula is C9H8NO4. The third-order valence-corrected chi connectivity index (χ3v) is 1.93. The van der Waals surface area contributed by atoms with E-state index in [4.69, 9.17) is 9.47 Å². The van der Waals surface area contributed by atoms with E-state index in [1.807, 2.05) is 0 Å². The van der Waals surface area contributed by atoms with E-state index in [-0.39, 0.29) is 5.69 Å². The molecule has 0 saturated carbocycles. The van der Waals surface area contributed by atoms with E-state index in [1.54, 1.807) is 6.92 Å². The van der Waals surface area contributed by atoms with Crippen LogP contribution in [0.15, 0.2) is 12.1 Å². The maximum Gasteiger partial charge on any atom is 0.276 e. The van der Waals surface area contributed by atoms with Gasteiger partial charge in [-0.1, -0.05) is 0 Å². The summed E-state index contributed by atoms with van der Waals surface area (Å²) >= 11 is 0. The van der Waals surface area contributed by atoms with Gasteiger partial charge < -0.3 is 9.47 Å². The number of nitro benzene ring substituents is 1. The van der Waals surface area contributed by atoms with Crippen LogP contribution in [0.2, 0.25) is 0 Å². The second kappa shape index (κ2) is 2.87. The summed E-state index contributed by atoms with van der Waals surface area (Å²) in [7, 11) is 0. The molecule has 1 aliphatic rings. The van der Waals surface area contributed by atoms with Crippen molar-refractivity contribution in [3.8, 4) is 11.5 Å². The number of ether oxygens (including phenoxy) is 2. The van der Waals surface area contributed by atoms with Crippen LogP contribution in [-0.4, -0.2) is 11.2 Å². The van der Waals surface area contributed by atoms with Crippen molar-refractivity contribution >= 4 is 5.69 Å². The van der Waals surface area contributed by atoms with E-state index >= 15 is 0 Å². The molecule has 1 aromatic rings. The summed E-state index contributed by atoms with van der Waals surface area (Å²) in [5, 5.41) is 10.6. The van der Waals surface area contributed by atoms with Gasteiger partial charge in [0.2, 0.25) is 6.29 Å². The first-order chi connectivity index (χ1) is 6.58. The van der Waals surface area contributed by atoms with Crippen molar-refractivity contribution in [2.75, 3.05) is 0 Å². The average molecular weight is 194 g/mol. The topological polar surface area (TPSA) is 61.6 Å². The van der Waals surface area contributed by atoms with E-state index in [1.165, 1.54) is 12.1 Å². The average Bonchev–Trinajstić information content (AvgIpc) is 2.42. The Hall–Kier alpha value is -1.78. The molecule has 5 heteroatoms. The molecule has 5 nitrogen and oxygen atoms in total. The zero-order valence-corrected chi connectivity index (χ0v) is 7.52. The fourth-order valence-corrected chi connectivity index (χ4v) is 1.33. The Morgan fingerprint density at radius 3 is 2.57 bits per heavy atom. The minimum atomic E-state index is -0.491. The van der Waals surface area contributed by atoms with Crippen molar-refractivity contribution < 1.29 is 14.4 Å². The molecule has 2 rings (SSSR count). The van der Waals surface area contributed by atoms with Gasteiger partial charge in [0, 0.05) is 12.5 Å². The maximum atomic E-state index is 10.6. The summed E-state index contributed by atoms with van der Waals surface area (Å²) in [4.78, 5) is 10.1. The molecule has 1 aromatic carbocycles. The lowest BCUT2D eigenvalue weighted by atomic mass is 10.2. The highest BCUT2D eigenvalue weighted by Crippen LogP contribution is 2.39. The Morgan fingerprint density at radius 2 is 2.00 bits per heavy atom. The van der Waals surface area contributed by atoms with Gasteiger partial charge in [0.15, 0.2) is 11.5 Å². The zero-order valence-electron chi connectivity index (χ0n) is 7.52. The Morgan fingerprint density at radius 1 is 1.43 bits per heavy atom. The highest BCUT2D eigenvalue weighted by molar-refractivity contribution is 5.56.